The van der Waals surface area contributed by atoms with Crippen LogP contribution in [0.25, 0.3) is 0 Å². The van der Waals surface area contributed by atoms with Crippen LogP contribution in [0.1, 0.15) is 29.8 Å². The van der Waals surface area contributed by atoms with Gasteiger partial charge in [0, 0.05) is 25.0 Å². The first-order valence-electron chi connectivity index (χ1n) is 5.56. The molecule has 2 bridgehead atoms. The van der Waals surface area contributed by atoms with E-state index in [0.717, 1.165) is 13.0 Å². The summed E-state index contributed by atoms with van der Waals surface area (Å²) in [5.41, 5.74) is 0.0788. The van der Waals surface area contributed by atoms with Gasteiger partial charge >= 0.3 is 5.97 Å². The predicted octanol–water partition coefficient (Wildman–Crippen LogP) is 1.16. The molecule has 0 amide bonds. The smallest absolute Gasteiger partial charge is 0.358 e. The highest BCUT2D eigenvalue weighted by atomic mass is 16.4. The van der Waals surface area contributed by atoms with Crippen molar-refractivity contribution in [2.45, 2.75) is 25.3 Å². The Morgan fingerprint density at radius 3 is 2.81 bits per heavy atom. The molecular weight excluding hydrogens is 206 g/mol. The van der Waals surface area contributed by atoms with Gasteiger partial charge < -0.3 is 10.0 Å². The molecule has 2 atom stereocenters. The first kappa shape index (κ1) is 9.57. The minimum absolute atomic E-state index is 0.0788. The average Bonchev–Trinajstić information content (AvgIpc) is 2.90. The summed E-state index contributed by atoms with van der Waals surface area (Å²) in [7, 11) is 0. The largest absolute Gasteiger partial charge is 0.476 e. The highest BCUT2D eigenvalue weighted by molar-refractivity contribution is 5.91. The molecule has 1 saturated carbocycles. The van der Waals surface area contributed by atoms with Crippen molar-refractivity contribution >= 4 is 11.8 Å². The molecule has 2 aliphatic rings. The number of carboxylic acid groups (broad SMARTS) is 1. The van der Waals surface area contributed by atoms with Crippen LogP contribution in [-0.2, 0) is 0 Å². The third-order valence-electron chi connectivity index (χ3n) is 3.56. The van der Waals surface area contributed by atoms with E-state index in [1.165, 1.54) is 19.0 Å². The fraction of sp³-hybridized carbons (Fsp3) is 0.545. The van der Waals surface area contributed by atoms with Crippen LogP contribution in [0, 0.1) is 5.92 Å². The lowest BCUT2D eigenvalue weighted by atomic mass is 10.1. The second kappa shape index (κ2) is 3.43. The standard InChI is InChI=1S/C11H13N3O2/c15-11(16)9-10(13-4-3-12-9)14-6-7-1-2-8(14)5-7/h3-4,7-8H,1-2,5-6H2,(H,15,16). The Balaban J connectivity index is 1.97. The third-order valence-corrected chi connectivity index (χ3v) is 3.56. The second-order valence-corrected chi connectivity index (χ2v) is 4.52. The number of fused-ring (bicyclic) bond motifs is 2. The lowest BCUT2D eigenvalue weighted by Gasteiger charge is -2.28. The zero-order chi connectivity index (χ0) is 11.1. The van der Waals surface area contributed by atoms with Gasteiger partial charge in [-0.05, 0) is 25.2 Å². The molecule has 0 spiro atoms. The number of aromatic nitrogens is 2. The van der Waals surface area contributed by atoms with E-state index in [1.54, 1.807) is 6.20 Å². The van der Waals surface area contributed by atoms with E-state index in [2.05, 4.69) is 14.9 Å². The van der Waals surface area contributed by atoms with E-state index in [0.29, 0.717) is 17.8 Å². The Kier molecular flexibility index (Phi) is 2.05. The van der Waals surface area contributed by atoms with Gasteiger partial charge in [0.15, 0.2) is 11.5 Å². The number of hydrogen-bond donors (Lipinski definition) is 1. The van der Waals surface area contributed by atoms with Gasteiger partial charge in [-0.15, -0.1) is 0 Å². The first-order chi connectivity index (χ1) is 7.75. The van der Waals surface area contributed by atoms with Gasteiger partial charge in [-0.25, -0.2) is 14.8 Å². The van der Waals surface area contributed by atoms with Gasteiger partial charge in [-0.3, -0.25) is 0 Å². The number of hydrogen-bond acceptors (Lipinski definition) is 4. The highest BCUT2D eigenvalue weighted by Crippen LogP contribution is 2.39. The second-order valence-electron chi connectivity index (χ2n) is 4.52. The molecule has 3 rings (SSSR count). The number of piperidine rings is 1. The van der Waals surface area contributed by atoms with Gasteiger partial charge in [0.25, 0.3) is 0 Å². The molecule has 1 saturated heterocycles. The van der Waals surface area contributed by atoms with Crippen LogP contribution in [0.2, 0.25) is 0 Å². The zero-order valence-electron chi connectivity index (χ0n) is 8.83. The van der Waals surface area contributed by atoms with E-state index in [4.69, 9.17) is 5.11 Å². The van der Waals surface area contributed by atoms with Crippen molar-refractivity contribution < 1.29 is 9.90 Å². The van der Waals surface area contributed by atoms with Crippen LogP contribution in [0.4, 0.5) is 5.82 Å². The number of aromatic carboxylic acids is 1. The summed E-state index contributed by atoms with van der Waals surface area (Å²) < 4.78 is 0. The van der Waals surface area contributed by atoms with E-state index in [-0.39, 0.29) is 5.69 Å². The monoisotopic (exact) mass is 219 g/mol. The summed E-state index contributed by atoms with van der Waals surface area (Å²) in [5, 5.41) is 9.07. The van der Waals surface area contributed by atoms with Gasteiger partial charge in [0.2, 0.25) is 0 Å². The molecular formula is C11H13N3O2. The van der Waals surface area contributed by atoms with E-state index >= 15 is 0 Å². The lowest BCUT2D eigenvalue weighted by Crippen LogP contribution is -2.34. The predicted molar refractivity (Wildman–Crippen MR) is 57.5 cm³/mol. The molecule has 1 N–H and O–H groups in total. The maximum atomic E-state index is 11.1. The van der Waals surface area contributed by atoms with E-state index in [9.17, 15) is 4.79 Å². The number of rotatable bonds is 2. The summed E-state index contributed by atoms with van der Waals surface area (Å²) in [4.78, 5) is 21.3. The van der Waals surface area contributed by atoms with Crippen LogP contribution >= 0.6 is 0 Å². The number of anilines is 1. The Hall–Kier alpha value is -1.65. The Morgan fingerprint density at radius 1 is 1.38 bits per heavy atom. The molecule has 2 unspecified atom stereocenters. The summed E-state index contributed by atoms with van der Waals surface area (Å²) in [6, 6.07) is 0.472. The molecule has 5 nitrogen and oxygen atoms in total. The zero-order valence-corrected chi connectivity index (χ0v) is 8.83. The Morgan fingerprint density at radius 2 is 2.19 bits per heavy atom. The molecule has 2 heterocycles. The van der Waals surface area contributed by atoms with Gasteiger partial charge in [0.1, 0.15) is 0 Å². The molecule has 1 aliphatic heterocycles. The van der Waals surface area contributed by atoms with Crippen LogP contribution in [0.5, 0.6) is 0 Å². The number of nitrogens with zero attached hydrogens (tertiary/aromatic N) is 3. The Bertz CT molecular complexity index is 435. The van der Waals surface area contributed by atoms with Crippen LogP contribution < -0.4 is 4.90 Å². The Labute approximate surface area is 93.1 Å². The van der Waals surface area contributed by atoms with Crippen molar-refractivity contribution in [2.24, 2.45) is 5.92 Å². The molecule has 0 radical (unpaired) electrons. The normalized spacial score (nSPS) is 27.4. The molecule has 84 valence electrons. The van der Waals surface area contributed by atoms with E-state index < -0.39 is 5.97 Å². The summed E-state index contributed by atoms with van der Waals surface area (Å²) >= 11 is 0. The highest BCUT2D eigenvalue weighted by Gasteiger charge is 2.39. The summed E-state index contributed by atoms with van der Waals surface area (Å²) in [6.07, 6.45) is 6.59. The minimum atomic E-state index is -0.995. The fourth-order valence-corrected chi connectivity index (χ4v) is 2.88. The first-order valence-corrected chi connectivity index (χ1v) is 5.56. The lowest BCUT2D eigenvalue weighted by molar-refractivity contribution is 0.0690. The number of carboxylic acids is 1. The van der Waals surface area contributed by atoms with Gasteiger partial charge in [-0.1, -0.05) is 0 Å². The molecule has 1 aromatic rings. The molecule has 0 aromatic carbocycles. The molecule has 5 heteroatoms. The quantitative estimate of drug-likeness (QED) is 0.808. The topological polar surface area (TPSA) is 66.3 Å². The molecule has 16 heavy (non-hydrogen) atoms. The van der Waals surface area contributed by atoms with Gasteiger partial charge in [-0.2, -0.15) is 0 Å². The fourth-order valence-electron chi connectivity index (χ4n) is 2.88. The van der Waals surface area contributed by atoms with Crippen LogP contribution in [-0.4, -0.2) is 33.6 Å². The van der Waals surface area contributed by atoms with Crippen molar-refractivity contribution in [3.63, 3.8) is 0 Å². The maximum absolute atomic E-state index is 11.1. The van der Waals surface area contributed by atoms with Gasteiger partial charge in [0.05, 0.1) is 0 Å². The number of carbonyl (C=O) groups is 1. The van der Waals surface area contributed by atoms with Crippen LogP contribution in [0.3, 0.4) is 0 Å². The average molecular weight is 219 g/mol. The van der Waals surface area contributed by atoms with E-state index in [1.807, 2.05) is 0 Å². The maximum Gasteiger partial charge on any atom is 0.358 e. The molecule has 1 aliphatic carbocycles. The van der Waals surface area contributed by atoms with Crippen molar-refractivity contribution in [3.05, 3.63) is 18.1 Å². The SMILES string of the molecule is O=C(O)c1nccnc1N1CC2CCC1C2. The molecule has 1 aromatic heterocycles. The summed E-state index contributed by atoms with van der Waals surface area (Å²) in [5.74, 6) is 0.265. The summed E-state index contributed by atoms with van der Waals surface area (Å²) in [6.45, 7) is 0.934. The third kappa shape index (κ3) is 1.35. The van der Waals surface area contributed by atoms with Crippen LogP contribution in [0.15, 0.2) is 12.4 Å². The molecule has 2 fully saturated rings. The van der Waals surface area contributed by atoms with Crippen molar-refractivity contribution in [1.82, 2.24) is 9.97 Å². The van der Waals surface area contributed by atoms with Crippen molar-refractivity contribution in [3.8, 4) is 0 Å². The van der Waals surface area contributed by atoms with Crippen molar-refractivity contribution in [2.75, 3.05) is 11.4 Å². The van der Waals surface area contributed by atoms with Crippen molar-refractivity contribution in [1.29, 1.82) is 0 Å². The minimum Gasteiger partial charge on any atom is -0.476 e.